The highest BCUT2D eigenvalue weighted by molar-refractivity contribution is 7.89. The van der Waals surface area contributed by atoms with Crippen molar-refractivity contribution in [1.82, 2.24) is 9.88 Å². The molecule has 2 aromatic rings. The number of anilines is 1. The monoisotopic (exact) mass is 379 g/mol. The molecule has 0 saturated carbocycles. The highest BCUT2D eigenvalue weighted by Crippen LogP contribution is 2.18. The van der Waals surface area contributed by atoms with E-state index in [0.29, 0.717) is 17.3 Å². The Kier molecular flexibility index (Phi) is 6.55. The van der Waals surface area contributed by atoms with Gasteiger partial charge >= 0.3 is 0 Å². The second-order valence-corrected chi connectivity index (χ2v) is 8.35. The van der Waals surface area contributed by atoms with Crippen molar-refractivity contribution in [1.29, 1.82) is 0 Å². The lowest BCUT2D eigenvalue weighted by Crippen LogP contribution is -2.28. The largest absolute Gasteiger partial charge is 0.360 e. The summed E-state index contributed by atoms with van der Waals surface area (Å²) in [5.74, 6) is 0.495. The van der Waals surface area contributed by atoms with Crippen molar-refractivity contribution < 1.29 is 17.7 Å². The lowest BCUT2D eigenvalue weighted by molar-refractivity contribution is -0.116. The van der Waals surface area contributed by atoms with Crippen LogP contribution in [-0.2, 0) is 21.2 Å². The third kappa shape index (κ3) is 5.40. The molecule has 0 saturated heterocycles. The molecule has 142 valence electrons. The van der Waals surface area contributed by atoms with E-state index >= 15 is 0 Å². The summed E-state index contributed by atoms with van der Waals surface area (Å²) < 4.78 is 31.8. The number of benzene rings is 1. The summed E-state index contributed by atoms with van der Waals surface area (Å²) in [6.07, 6.45) is 0.956. The Morgan fingerprint density at radius 1 is 1.27 bits per heavy atom. The molecule has 0 spiro atoms. The summed E-state index contributed by atoms with van der Waals surface area (Å²) in [5, 5.41) is 6.43. The molecule has 0 unspecified atom stereocenters. The van der Waals surface area contributed by atoms with Gasteiger partial charge in [-0.25, -0.2) is 13.1 Å². The Balaban J connectivity index is 1.89. The fraction of sp³-hybridized carbons (Fsp3) is 0.444. The van der Waals surface area contributed by atoms with Gasteiger partial charge in [-0.05, 0) is 43.9 Å². The summed E-state index contributed by atoms with van der Waals surface area (Å²) >= 11 is 0. The average Bonchev–Trinajstić information content (AvgIpc) is 2.86. The molecule has 0 aliphatic rings. The zero-order valence-corrected chi connectivity index (χ0v) is 16.3. The van der Waals surface area contributed by atoms with Crippen molar-refractivity contribution in [2.75, 3.05) is 11.9 Å². The number of hydrogen-bond donors (Lipinski definition) is 2. The molecular formula is C18H25N3O4S. The Hall–Kier alpha value is -2.19. The summed E-state index contributed by atoms with van der Waals surface area (Å²) in [6, 6.07) is 7.67. The minimum atomic E-state index is -3.75. The number of hydrogen-bond acceptors (Lipinski definition) is 5. The third-order valence-corrected chi connectivity index (χ3v) is 5.44. The number of rotatable bonds is 8. The van der Waals surface area contributed by atoms with Gasteiger partial charge in [-0.3, -0.25) is 4.79 Å². The summed E-state index contributed by atoms with van der Waals surface area (Å²) in [7, 11) is -3.75. The van der Waals surface area contributed by atoms with Crippen LogP contribution in [0.3, 0.4) is 0 Å². The first-order valence-corrected chi connectivity index (χ1v) is 9.98. The summed E-state index contributed by atoms with van der Waals surface area (Å²) in [4.78, 5) is 12.1. The van der Waals surface area contributed by atoms with Gasteiger partial charge in [0, 0.05) is 18.7 Å². The summed E-state index contributed by atoms with van der Waals surface area (Å²) in [5.41, 5.74) is 2.15. The second kappa shape index (κ2) is 8.46. The predicted molar refractivity (Wildman–Crippen MR) is 99.4 cm³/mol. The van der Waals surface area contributed by atoms with Crippen molar-refractivity contribution in [3.8, 4) is 0 Å². The maximum Gasteiger partial charge on any atom is 0.245 e. The zero-order valence-electron chi connectivity index (χ0n) is 15.5. The number of amides is 1. The van der Waals surface area contributed by atoms with Crippen molar-refractivity contribution in [3.05, 3.63) is 41.3 Å². The van der Waals surface area contributed by atoms with Gasteiger partial charge in [0.25, 0.3) is 0 Å². The molecule has 1 heterocycles. The van der Waals surface area contributed by atoms with E-state index in [1.54, 1.807) is 6.92 Å². The second-order valence-electron chi connectivity index (χ2n) is 6.65. The molecule has 1 amide bonds. The molecular weight excluding hydrogens is 354 g/mol. The maximum absolute atomic E-state index is 12.3. The number of aromatic nitrogens is 1. The van der Waals surface area contributed by atoms with E-state index in [4.69, 9.17) is 4.52 Å². The molecule has 0 radical (unpaired) electrons. The fourth-order valence-corrected chi connectivity index (χ4v) is 4.06. The van der Waals surface area contributed by atoms with Crippen LogP contribution in [0.15, 0.2) is 33.7 Å². The van der Waals surface area contributed by atoms with Gasteiger partial charge in [0.05, 0.1) is 0 Å². The van der Waals surface area contributed by atoms with Crippen LogP contribution in [-0.4, -0.2) is 26.0 Å². The fourth-order valence-electron chi connectivity index (χ4n) is 2.70. The van der Waals surface area contributed by atoms with Crippen molar-refractivity contribution in [2.45, 2.75) is 45.4 Å². The number of aryl methyl sites for hydroxylation is 2. The molecule has 0 atom stereocenters. The SMILES string of the molecule is Cc1noc(C)c1S(=O)(=O)NCCC(=O)Nc1cccc(CC(C)C)c1. The molecule has 1 aromatic carbocycles. The van der Waals surface area contributed by atoms with Crippen LogP contribution in [0.25, 0.3) is 0 Å². The quantitative estimate of drug-likeness (QED) is 0.734. The lowest BCUT2D eigenvalue weighted by atomic mass is 10.0. The first-order chi connectivity index (χ1) is 12.2. The van der Waals surface area contributed by atoms with E-state index in [0.717, 1.165) is 12.0 Å². The van der Waals surface area contributed by atoms with Crippen LogP contribution in [0.2, 0.25) is 0 Å². The Labute approximate surface area is 154 Å². The number of nitrogens with zero attached hydrogens (tertiary/aromatic N) is 1. The molecule has 7 nitrogen and oxygen atoms in total. The lowest BCUT2D eigenvalue weighted by Gasteiger charge is -2.10. The molecule has 0 aliphatic carbocycles. The summed E-state index contributed by atoms with van der Waals surface area (Å²) in [6.45, 7) is 7.35. The molecule has 0 bridgehead atoms. The number of carbonyl (C=O) groups is 1. The zero-order chi connectivity index (χ0) is 19.3. The average molecular weight is 379 g/mol. The molecule has 26 heavy (non-hydrogen) atoms. The van der Waals surface area contributed by atoms with E-state index in [1.807, 2.05) is 24.3 Å². The van der Waals surface area contributed by atoms with Crippen LogP contribution in [0.4, 0.5) is 5.69 Å². The van der Waals surface area contributed by atoms with Gasteiger partial charge in [0.15, 0.2) is 5.76 Å². The third-order valence-electron chi connectivity index (χ3n) is 3.74. The van der Waals surface area contributed by atoms with Gasteiger partial charge in [0.1, 0.15) is 10.6 Å². The van der Waals surface area contributed by atoms with E-state index in [9.17, 15) is 13.2 Å². The smallest absolute Gasteiger partial charge is 0.245 e. The predicted octanol–water partition coefficient (Wildman–Crippen LogP) is 2.80. The topological polar surface area (TPSA) is 101 Å². The molecule has 1 aromatic heterocycles. The highest BCUT2D eigenvalue weighted by atomic mass is 32.2. The molecule has 0 fully saturated rings. The van der Waals surface area contributed by atoms with E-state index < -0.39 is 10.0 Å². The van der Waals surface area contributed by atoms with Gasteiger partial charge in [-0.15, -0.1) is 0 Å². The van der Waals surface area contributed by atoms with Gasteiger partial charge in [0.2, 0.25) is 15.9 Å². The van der Waals surface area contributed by atoms with E-state index in [2.05, 4.69) is 29.0 Å². The van der Waals surface area contributed by atoms with Crippen LogP contribution < -0.4 is 10.0 Å². The van der Waals surface area contributed by atoms with E-state index in [-0.39, 0.29) is 29.5 Å². The normalized spacial score (nSPS) is 11.7. The Bertz CT molecular complexity index is 853. The molecule has 2 rings (SSSR count). The van der Waals surface area contributed by atoms with Crippen LogP contribution in [0.1, 0.15) is 37.3 Å². The first-order valence-electron chi connectivity index (χ1n) is 8.50. The van der Waals surface area contributed by atoms with Crippen LogP contribution >= 0.6 is 0 Å². The number of carbonyl (C=O) groups excluding carboxylic acids is 1. The van der Waals surface area contributed by atoms with Gasteiger partial charge in [-0.1, -0.05) is 31.1 Å². The van der Waals surface area contributed by atoms with E-state index in [1.165, 1.54) is 6.92 Å². The van der Waals surface area contributed by atoms with Crippen molar-refractivity contribution >= 4 is 21.6 Å². The van der Waals surface area contributed by atoms with Crippen LogP contribution in [0, 0.1) is 19.8 Å². The molecule has 8 heteroatoms. The standard InChI is InChI=1S/C18H25N3O4S/c1-12(2)10-15-6-5-7-16(11-15)20-17(22)8-9-19-26(23,24)18-13(3)21-25-14(18)4/h5-7,11-12,19H,8-10H2,1-4H3,(H,20,22). The minimum Gasteiger partial charge on any atom is -0.360 e. The van der Waals surface area contributed by atoms with Gasteiger partial charge in [-0.2, -0.15) is 0 Å². The first kappa shape index (κ1) is 20.1. The Morgan fingerprint density at radius 2 is 2.00 bits per heavy atom. The van der Waals surface area contributed by atoms with Crippen molar-refractivity contribution in [3.63, 3.8) is 0 Å². The molecule has 0 aliphatic heterocycles. The highest BCUT2D eigenvalue weighted by Gasteiger charge is 2.23. The maximum atomic E-state index is 12.3. The van der Waals surface area contributed by atoms with Crippen molar-refractivity contribution in [2.24, 2.45) is 5.92 Å². The molecule has 2 N–H and O–H groups in total. The number of sulfonamides is 1. The minimum absolute atomic E-state index is 0.0100. The Morgan fingerprint density at radius 3 is 2.62 bits per heavy atom. The number of nitrogens with one attached hydrogen (secondary N) is 2. The van der Waals surface area contributed by atoms with Crippen LogP contribution in [0.5, 0.6) is 0 Å². The van der Waals surface area contributed by atoms with Gasteiger partial charge < -0.3 is 9.84 Å².